The second-order valence-electron chi connectivity index (χ2n) is 6.00. The highest BCUT2D eigenvalue weighted by Gasteiger charge is 2.33. The highest BCUT2D eigenvalue weighted by Crippen LogP contribution is 2.38. The summed E-state index contributed by atoms with van der Waals surface area (Å²) in [7, 11) is 0. The van der Waals surface area contributed by atoms with Gasteiger partial charge in [-0.15, -0.1) is 11.8 Å². The molecule has 5 heteroatoms. The molecule has 1 atom stereocenters. The Hall–Kier alpha value is -1.49. The van der Waals surface area contributed by atoms with Crippen molar-refractivity contribution < 1.29 is 9.59 Å². The van der Waals surface area contributed by atoms with Gasteiger partial charge in [0.25, 0.3) is 0 Å². The van der Waals surface area contributed by atoms with Gasteiger partial charge in [0.2, 0.25) is 11.8 Å². The number of thioether (sulfide) groups is 1. The minimum Gasteiger partial charge on any atom is -0.343 e. The van der Waals surface area contributed by atoms with Crippen LogP contribution in [0.4, 0.5) is 0 Å². The van der Waals surface area contributed by atoms with Crippen molar-refractivity contribution in [2.75, 3.05) is 25.4 Å². The number of likely N-dealkylation sites (tertiary alicyclic amines) is 1. The van der Waals surface area contributed by atoms with E-state index in [1.54, 1.807) is 11.8 Å². The zero-order chi connectivity index (χ0) is 15.5. The average Bonchev–Trinajstić information content (AvgIpc) is 3.16. The third-order valence-corrected chi connectivity index (χ3v) is 5.61. The summed E-state index contributed by atoms with van der Waals surface area (Å²) >= 11 is 1.65. The average molecular weight is 318 g/mol. The van der Waals surface area contributed by atoms with Gasteiger partial charge in [0.05, 0.1) is 5.75 Å². The van der Waals surface area contributed by atoms with Gasteiger partial charge in [-0.1, -0.05) is 29.8 Å². The molecule has 2 aliphatic heterocycles. The third kappa shape index (κ3) is 3.29. The van der Waals surface area contributed by atoms with E-state index in [1.165, 1.54) is 5.56 Å². The van der Waals surface area contributed by atoms with E-state index in [9.17, 15) is 9.59 Å². The Kier molecular flexibility index (Phi) is 4.71. The Morgan fingerprint density at radius 2 is 1.91 bits per heavy atom. The summed E-state index contributed by atoms with van der Waals surface area (Å²) in [6, 6.07) is 8.32. The van der Waals surface area contributed by atoms with Crippen LogP contribution in [-0.4, -0.2) is 47.0 Å². The molecule has 2 saturated heterocycles. The van der Waals surface area contributed by atoms with E-state index in [0.29, 0.717) is 18.7 Å². The van der Waals surface area contributed by atoms with Crippen molar-refractivity contribution >= 4 is 23.6 Å². The Balaban J connectivity index is 1.63. The Morgan fingerprint density at radius 3 is 2.59 bits per heavy atom. The molecule has 4 nitrogen and oxygen atoms in total. The van der Waals surface area contributed by atoms with Crippen LogP contribution in [0.1, 0.15) is 35.8 Å². The lowest BCUT2D eigenvalue weighted by Gasteiger charge is -2.25. The SMILES string of the molecule is Cc1ccc([C@H]2SCC(=O)N2CCC(=O)N2CCCC2)cc1. The predicted molar refractivity (Wildman–Crippen MR) is 88.5 cm³/mol. The Labute approximate surface area is 135 Å². The number of carbonyl (C=O) groups is 2. The lowest BCUT2D eigenvalue weighted by Crippen LogP contribution is -2.34. The first-order chi connectivity index (χ1) is 10.6. The summed E-state index contributed by atoms with van der Waals surface area (Å²) in [5.41, 5.74) is 2.36. The normalized spacial score (nSPS) is 21.7. The zero-order valence-electron chi connectivity index (χ0n) is 13.0. The number of nitrogens with zero attached hydrogens (tertiary/aromatic N) is 2. The van der Waals surface area contributed by atoms with Gasteiger partial charge in [-0.25, -0.2) is 0 Å². The molecule has 0 unspecified atom stereocenters. The predicted octanol–water partition coefficient (Wildman–Crippen LogP) is 2.58. The minimum atomic E-state index is 0.0551. The van der Waals surface area contributed by atoms with Gasteiger partial charge in [-0.2, -0.15) is 0 Å². The molecule has 0 spiro atoms. The number of hydrogen-bond acceptors (Lipinski definition) is 3. The maximum atomic E-state index is 12.2. The quantitative estimate of drug-likeness (QED) is 0.857. The Morgan fingerprint density at radius 1 is 1.23 bits per heavy atom. The van der Waals surface area contributed by atoms with Crippen LogP contribution in [0.5, 0.6) is 0 Å². The van der Waals surface area contributed by atoms with Crippen molar-refractivity contribution in [2.24, 2.45) is 0 Å². The van der Waals surface area contributed by atoms with Gasteiger partial charge in [0.15, 0.2) is 0 Å². The molecular formula is C17H22N2O2S. The van der Waals surface area contributed by atoms with E-state index < -0.39 is 0 Å². The number of amides is 2. The van der Waals surface area contributed by atoms with Gasteiger partial charge < -0.3 is 9.80 Å². The lowest BCUT2D eigenvalue weighted by molar-refractivity contribution is -0.132. The summed E-state index contributed by atoms with van der Waals surface area (Å²) in [4.78, 5) is 28.1. The van der Waals surface area contributed by atoms with Crippen LogP contribution in [0.3, 0.4) is 0 Å². The zero-order valence-corrected chi connectivity index (χ0v) is 13.8. The van der Waals surface area contributed by atoms with Crippen molar-refractivity contribution in [1.29, 1.82) is 0 Å². The molecule has 2 amide bonds. The Bertz CT molecular complexity index is 552. The fourth-order valence-corrected chi connectivity index (χ4v) is 4.26. The van der Waals surface area contributed by atoms with Crippen LogP contribution < -0.4 is 0 Å². The van der Waals surface area contributed by atoms with Crippen LogP contribution in [0.15, 0.2) is 24.3 Å². The molecule has 0 N–H and O–H groups in total. The first-order valence-electron chi connectivity index (χ1n) is 7.90. The van der Waals surface area contributed by atoms with E-state index in [0.717, 1.165) is 31.5 Å². The fraction of sp³-hybridized carbons (Fsp3) is 0.529. The van der Waals surface area contributed by atoms with Crippen LogP contribution in [0.2, 0.25) is 0 Å². The molecule has 2 heterocycles. The topological polar surface area (TPSA) is 40.6 Å². The van der Waals surface area contributed by atoms with Gasteiger partial charge >= 0.3 is 0 Å². The second-order valence-corrected chi connectivity index (χ2v) is 7.07. The first kappa shape index (κ1) is 15.4. The van der Waals surface area contributed by atoms with E-state index in [-0.39, 0.29) is 17.2 Å². The minimum absolute atomic E-state index is 0.0551. The molecule has 118 valence electrons. The molecule has 1 aromatic rings. The molecule has 0 bridgehead atoms. The molecule has 0 radical (unpaired) electrons. The molecule has 0 aromatic heterocycles. The molecule has 22 heavy (non-hydrogen) atoms. The smallest absolute Gasteiger partial charge is 0.233 e. The fourth-order valence-electron chi connectivity index (χ4n) is 3.04. The van der Waals surface area contributed by atoms with Crippen molar-refractivity contribution in [2.45, 2.75) is 31.6 Å². The summed E-state index contributed by atoms with van der Waals surface area (Å²) in [5, 5.41) is 0.0551. The van der Waals surface area contributed by atoms with E-state index in [2.05, 4.69) is 31.2 Å². The van der Waals surface area contributed by atoms with E-state index >= 15 is 0 Å². The number of rotatable bonds is 4. The standard InChI is InChI=1S/C17H22N2O2S/c1-13-4-6-14(7-5-13)17-19(16(21)12-22-17)11-8-15(20)18-9-2-3-10-18/h4-7,17H,2-3,8-12H2,1H3/t17-/m1/s1. The number of carbonyl (C=O) groups excluding carboxylic acids is 2. The molecule has 1 aromatic carbocycles. The van der Waals surface area contributed by atoms with Gasteiger partial charge in [-0.3, -0.25) is 9.59 Å². The van der Waals surface area contributed by atoms with Crippen LogP contribution in [-0.2, 0) is 9.59 Å². The largest absolute Gasteiger partial charge is 0.343 e. The number of aryl methyl sites for hydroxylation is 1. The highest BCUT2D eigenvalue weighted by molar-refractivity contribution is 8.00. The van der Waals surface area contributed by atoms with Crippen molar-refractivity contribution in [3.05, 3.63) is 35.4 Å². The summed E-state index contributed by atoms with van der Waals surface area (Å²) in [5.74, 6) is 0.839. The second kappa shape index (κ2) is 6.73. The summed E-state index contributed by atoms with van der Waals surface area (Å²) in [6.07, 6.45) is 2.65. The number of hydrogen-bond donors (Lipinski definition) is 0. The monoisotopic (exact) mass is 318 g/mol. The lowest BCUT2D eigenvalue weighted by atomic mass is 10.1. The molecule has 0 aliphatic carbocycles. The summed E-state index contributed by atoms with van der Waals surface area (Å²) < 4.78 is 0. The molecular weight excluding hydrogens is 296 g/mol. The van der Waals surface area contributed by atoms with Crippen LogP contribution >= 0.6 is 11.8 Å². The van der Waals surface area contributed by atoms with Gasteiger partial charge in [0, 0.05) is 26.1 Å². The van der Waals surface area contributed by atoms with Gasteiger partial charge in [0.1, 0.15) is 5.37 Å². The summed E-state index contributed by atoms with van der Waals surface area (Å²) in [6.45, 7) is 4.34. The maximum Gasteiger partial charge on any atom is 0.233 e. The van der Waals surface area contributed by atoms with E-state index in [1.807, 2.05) is 9.80 Å². The van der Waals surface area contributed by atoms with Crippen molar-refractivity contribution in [1.82, 2.24) is 9.80 Å². The first-order valence-corrected chi connectivity index (χ1v) is 8.95. The highest BCUT2D eigenvalue weighted by atomic mass is 32.2. The molecule has 2 aliphatic rings. The maximum absolute atomic E-state index is 12.2. The molecule has 3 rings (SSSR count). The molecule has 0 saturated carbocycles. The van der Waals surface area contributed by atoms with Crippen LogP contribution in [0.25, 0.3) is 0 Å². The van der Waals surface area contributed by atoms with E-state index in [4.69, 9.17) is 0 Å². The van der Waals surface area contributed by atoms with Crippen molar-refractivity contribution in [3.8, 4) is 0 Å². The van der Waals surface area contributed by atoms with Gasteiger partial charge in [-0.05, 0) is 25.3 Å². The third-order valence-electron chi connectivity index (χ3n) is 4.36. The van der Waals surface area contributed by atoms with Crippen LogP contribution in [0, 0.1) is 6.92 Å². The van der Waals surface area contributed by atoms with Crippen molar-refractivity contribution in [3.63, 3.8) is 0 Å². The molecule has 2 fully saturated rings. The number of benzene rings is 1.